The Bertz CT molecular complexity index is 1660. The third-order valence-corrected chi connectivity index (χ3v) is 8.12. The summed E-state index contributed by atoms with van der Waals surface area (Å²) in [4.78, 5) is 37.1. The van der Waals surface area contributed by atoms with Crippen LogP contribution in [-0.2, 0) is 36.7 Å². The molecule has 0 bridgehead atoms. The largest absolute Gasteiger partial charge is 0.493 e. The highest BCUT2D eigenvalue weighted by Crippen LogP contribution is 2.44. The molecule has 0 saturated carbocycles. The fourth-order valence-corrected chi connectivity index (χ4v) is 5.68. The minimum absolute atomic E-state index is 0.221. The maximum absolute atomic E-state index is 12.4. The summed E-state index contributed by atoms with van der Waals surface area (Å²) >= 11 is 0. The van der Waals surface area contributed by atoms with Gasteiger partial charge in [-0.3, -0.25) is 14.4 Å². The molecule has 9 N–H and O–H groups in total. The van der Waals surface area contributed by atoms with Gasteiger partial charge in [0.15, 0.2) is 54.3 Å². The van der Waals surface area contributed by atoms with Crippen LogP contribution < -0.4 is 52.1 Å². The number of allylic oxidation sites excluding steroid dienone is 4. The molecule has 2 aromatic rings. The second-order valence-electron chi connectivity index (χ2n) is 11.6. The van der Waals surface area contributed by atoms with Crippen LogP contribution in [-0.4, -0.2) is 98.1 Å². The third-order valence-electron chi connectivity index (χ3n) is 8.12. The summed E-state index contributed by atoms with van der Waals surface area (Å²) in [6, 6.07) is 7.55. The predicted molar refractivity (Wildman–Crippen MR) is 190 cm³/mol. The Hall–Kier alpha value is -5.25. The van der Waals surface area contributed by atoms with Crippen molar-refractivity contribution < 1.29 is 42.8 Å². The van der Waals surface area contributed by atoms with E-state index in [1.54, 1.807) is 6.08 Å². The van der Waals surface area contributed by atoms with E-state index in [0.29, 0.717) is 86.6 Å². The van der Waals surface area contributed by atoms with Crippen molar-refractivity contribution in [1.29, 1.82) is 0 Å². The van der Waals surface area contributed by atoms with Crippen LogP contribution in [0.3, 0.4) is 0 Å². The number of fused-ring (bicyclic) bond motifs is 4. The molecular formula is C36H48N6O9. The van der Waals surface area contributed by atoms with E-state index < -0.39 is 0 Å². The summed E-state index contributed by atoms with van der Waals surface area (Å²) in [6.45, 7) is 1.25. The van der Waals surface area contributed by atoms with Gasteiger partial charge in [0.1, 0.15) is 0 Å². The molecule has 15 heteroatoms. The minimum Gasteiger partial charge on any atom is -0.493 e. The van der Waals surface area contributed by atoms with Crippen molar-refractivity contribution in [3.63, 3.8) is 0 Å². The summed E-state index contributed by atoms with van der Waals surface area (Å²) in [5, 5.41) is 8.10. The Kier molecular flexibility index (Phi) is 14.5. The average molecular weight is 709 g/mol. The summed E-state index contributed by atoms with van der Waals surface area (Å²) in [6.07, 6.45) is 6.60. The van der Waals surface area contributed by atoms with E-state index >= 15 is 0 Å². The number of nitrogens with one attached hydrogen (secondary N) is 3. The van der Waals surface area contributed by atoms with Crippen molar-refractivity contribution in [2.24, 2.45) is 17.2 Å². The molecule has 0 aromatic heterocycles. The second kappa shape index (κ2) is 19.2. The molecule has 0 spiro atoms. The Morgan fingerprint density at radius 3 is 1.65 bits per heavy atom. The zero-order valence-corrected chi connectivity index (χ0v) is 29.3. The molecule has 2 aromatic carbocycles. The van der Waals surface area contributed by atoms with Crippen molar-refractivity contribution >= 4 is 17.7 Å². The van der Waals surface area contributed by atoms with Gasteiger partial charge in [0, 0.05) is 45.2 Å². The lowest BCUT2D eigenvalue weighted by Crippen LogP contribution is -2.33. The number of rotatable bonds is 18. The molecule has 1 atom stereocenters. The van der Waals surface area contributed by atoms with Crippen LogP contribution in [0.15, 0.2) is 59.6 Å². The van der Waals surface area contributed by atoms with Crippen LogP contribution in [0.4, 0.5) is 0 Å². The van der Waals surface area contributed by atoms with Gasteiger partial charge in [-0.25, -0.2) is 0 Å². The van der Waals surface area contributed by atoms with Gasteiger partial charge < -0.3 is 61.6 Å². The number of ether oxygens (including phenoxy) is 6. The van der Waals surface area contributed by atoms with Crippen LogP contribution >= 0.6 is 0 Å². The van der Waals surface area contributed by atoms with Gasteiger partial charge in [0.05, 0.1) is 21.3 Å². The van der Waals surface area contributed by atoms with Gasteiger partial charge in [-0.2, -0.15) is 0 Å². The highest BCUT2D eigenvalue weighted by atomic mass is 16.5. The Morgan fingerprint density at radius 1 is 0.627 bits per heavy atom. The van der Waals surface area contributed by atoms with Gasteiger partial charge in [-0.1, -0.05) is 11.6 Å². The Balaban J connectivity index is 1.81. The number of amides is 3. The van der Waals surface area contributed by atoms with E-state index in [9.17, 15) is 14.4 Å². The standard InChI is InChI=1S/C36H48N6O9/c1-46-29-16-24-12-23-15-32(50-20-35(44)41-10-7-38)30(47-2)14-22(23)13-25-17-33(51-21-36(45)42-11-8-39)31(48-3)18-27(25)26(24)4-5-28(29)49-19-34(43)40-9-6-37/h4-5,14-18,26H,6-13,19-21,37-39H2,1-3H3,(H,40,43)(H,41,44)(H,42,45). The van der Waals surface area contributed by atoms with E-state index in [4.69, 9.17) is 45.6 Å². The number of carbonyl (C=O) groups excluding carboxylic acids is 3. The zero-order valence-electron chi connectivity index (χ0n) is 29.3. The van der Waals surface area contributed by atoms with Gasteiger partial charge in [-0.15, -0.1) is 0 Å². The van der Waals surface area contributed by atoms with Crippen molar-refractivity contribution in [1.82, 2.24) is 16.0 Å². The van der Waals surface area contributed by atoms with Crippen molar-refractivity contribution in [3.8, 4) is 23.0 Å². The van der Waals surface area contributed by atoms with Gasteiger partial charge in [-0.05, 0) is 71.5 Å². The van der Waals surface area contributed by atoms with Gasteiger partial charge in [0.25, 0.3) is 17.7 Å². The average Bonchev–Trinajstić information content (AvgIpc) is 3.30. The summed E-state index contributed by atoms with van der Waals surface area (Å²) in [5.41, 5.74) is 21.2. The SMILES string of the molecule is COC1=C(OCC(=O)NCCN)C=CC2C(=C1)Cc1cc(OCC(=O)NCCN)c(OC)cc1Cc1cc(OCC(=O)NCCN)c(OC)cc12. The van der Waals surface area contributed by atoms with Crippen LogP contribution in [0.1, 0.15) is 28.2 Å². The molecule has 2 aliphatic rings. The number of hydrogen-bond acceptors (Lipinski definition) is 12. The summed E-state index contributed by atoms with van der Waals surface area (Å²) in [7, 11) is 4.61. The van der Waals surface area contributed by atoms with Crippen LogP contribution in [0.5, 0.6) is 23.0 Å². The first-order chi connectivity index (χ1) is 24.7. The first-order valence-corrected chi connectivity index (χ1v) is 16.6. The van der Waals surface area contributed by atoms with Crippen LogP contribution in [0, 0.1) is 0 Å². The van der Waals surface area contributed by atoms with E-state index in [2.05, 4.69) is 16.0 Å². The zero-order chi connectivity index (χ0) is 36.8. The predicted octanol–water partition coefficient (Wildman–Crippen LogP) is 0.287. The number of hydrogen-bond donors (Lipinski definition) is 6. The quantitative estimate of drug-likeness (QED) is 0.123. The maximum atomic E-state index is 12.4. The molecule has 276 valence electrons. The normalized spacial score (nSPS) is 14.6. The lowest BCUT2D eigenvalue weighted by Gasteiger charge is -2.27. The van der Waals surface area contributed by atoms with Gasteiger partial charge >= 0.3 is 0 Å². The van der Waals surface area contributed by atoms with E-state index in [1.807, 2.05) is 36.4 Å². The molecule has 15 nitrogen and oxygen atoms in total. The number of benzene rings is 2. The molecule has 2 aliphatic carbocycles. The Morgan fingerprint density at radius 2 is 1.12 bits per heavy atom. The molecule has 4 rings (SSSR count). The lowest BCUT2D eigenvalue weighted by molar-refractivity contribution is -0.124. The summed E-state index contributed by atoms with van der Waals surface area (Å²) in [5.74, 6) is 1.26. The summed E-state index contributed by atoms with van der Waals surface area (Å²) < 4.78 is 35.1. The Labute approximate surface area is 297 Å². The van der Waals surface area contributed by atoms with Crippen molar-refractivity contribution in [2.45, 2.75) is 18.8 Å². The first kappa shape index (κ1) is 38.6. The molecule has 51 heavy (non-hydrogen) atoms. The van der Waals surface area contributed by atoms with Crippen molar-refractivity contribution in [3.05, 3.63) is 81.8 Å². The maximum Gasteiger partial charge on any atom is 0.257 e. The molecule has 3 amide bonds. The first-order valence-electron chi connectivity index (χ1n) is 16.6. The topological polar surface area (TPSA) is 221 Å². The van der Waals surface area contributed by atoms with Crippen LogP contribution in [0.25, 0.3) is 0 Å². The third kappa shape index (κ3) is 10.4. The molecule has 1 unspecified atom stereocenters. The second-order valence-corrected chi connectivity index (χ2v) is 11.6. The molecular weight excluding hydrogens is 660 g/mol. The fraction of sp³-hybridized carbons (Fsp3) is 0.417. The molecule has 0 saturated heterocycles. The number of nitrogens with two attached hydrogens (primary N) is 3. The van der Waals surface area contributed by atoms with E-state index in [0.717, 1.165) is 27.8 Å². The fourth-order valence-electron chi connectivity index (χ4n) is 5.68. The number of methoxy groups -OCH3 is 3. The van der Waals surface area contributed by atoms with E-state index in [-0.39, 0.29) is 43.5 Å². The highest BCUT2D eigenvalue weighted by molar-refractivity contribution is 5.78. The molecule has 0 radical (unpaired) electrons. The van der Waals surface area contributed by atoms with Gasteiger partial charge in [0.2, 0.25) is 0 Å². The van der Waals surface area contributed by atoms with Crippen molar-refractivity contribution in [2.75, 3.05) is 80.4 Å². The van der Waals surface area contributed by atoms with Crippen LogP contribution in [0.2, 0.25) is 0 Å². The monoisotopic (exact) mass is 708 g/mol. The molecule has 0 fully saturated rings. The number of carbonyl (C=O) groups is 3. The highest BCUT2D eigenvalue weighted by Gasteiger charge is 2.29. The smallest absolute Gasteiger partial charge is 0.257 e. The van der Waals surface area contributed by atoms with E-state index in [1.165, 1.54) is 21.3 Å². The molecule has 0 heterocycles. The minimum atomic E-state index is -0.314. The lowest BCUT2D eigenvalue weighted by atomic mass is 9.79. The molecule has 0 aliphatic heterocycles.